The third-order valence-electron chi connectivity index (χ3n) is 3.15. The van der Waals surface area contributed by atoms with E-state index in [9.17, 15) is 0 Å². The molecule has 0 spiro atoms. The van der Waals surface area contributed by atoms with Gasteiger partial charge in [-0.2, -0.15) is 0 Å². The van der Waals surface area contributed by atoms with Crippen LogP contribution in [0.25, 0.3) is 0 Å². The average molecular weight is 172 g/mol. The lowest BCUT2D eigenvalue weighted by atomic mass is 9.80. The Hall–Kier alpha value is -0.120. The van der Waals surface area contributed by atoms with Crippen molar-refractivity contribution in [1.29, 1.82) is 0 Å². The van der Waals surface area contributed by atoms with Crippen molar-refractivity contribution in [2.24, 2.45) is 5.84 Å². The Morgan fingerprint density at radius 2 is 1.92 bits per heavy atom. The second-order valence-electron chi connectivity index (χ2n) is 3.72. The molecule has 0 radical (unpaired) electrons. The summed E-state index contributed by atoms with van der Waals surface area (Å²) in [5.41, 5.74) is 2.79. The van der Waals surface area contributed by atoms with Crippen molar-refractivity contribution in [1.82, 2.24) is 5.43 Å². The van der Waals surface area contributed by atoms with E-state index in [1.807, 2.05) is 0 Å². The molecule has 0 aromatic rings. The summed E-state index contributed by atoms with van der Waals surface area (Å²) in [6.07, 6.45) is 6.13. The van der Waals surface area contributed by atoms with Crippen molar-refractivity contribution in [2.75, 3.05) is 7.11 Å². The highest BCUT2D eigenvalue weighted by Gasteiger charge is 2.36. The van der Waals surface area contributed by atoms with Crippen molar-refractivity contribution >= 4 is 0 Å². The zero-order chi connectivity index (χ0) is 9.03. The van der Waals surface area contributed by atoms with Crippen LogP contribution in [0, 0.1) is 0 Å². The van der Waals surface area contributed by atoms with Crippen molar-refractivity contribution in [2.45, 2.75) is 50.7 Å². The van der Waals surface area contributed by atoms with Crippen LogP contribution < -0.4 is 11.3 Å². The minimum absolute atomic E-state index is 0.00694. The maximum atomic E-state index is 5.59. The van der Waals surface area contributed by atoms with Crippen LogP contribution in [0.5, 0.6) is 0 Å². The van der Waals surface area contributed by atoms with Gasteiger partial charge in [-0.3, -0.25) is 11.3 Å². The summed E-state index contributed by atoms with van der Waals surface area (Å²) in [5.74, 6) is 5.43. The fraction of sp³-hybridized carbons (Fsp3) is 1.00. The molecule has 3 N–H and O–H groups in total. The van der Waals surface area contributed by atoms with Crippen molar-refractivity contribution < 1.29 is 4.74 Å². The summed E-state index contributed by atoms with van der Waals surface area (Å²) in [6.45, 7) is 2.09. The van der Waals surface area contributed by atoms with Gasteiger partial charge in [0.05, 0.1) is 5.60 Å². The minimum Gasteiger partial charge on any atom is -0.377 e. The largest absolute Gasteiger partial charge is 0.377 e. The molecule has 0 aromatic carbocycles. The van der Waals surface area contributed by atoms with E-state index >= 15 is 0 Å². The van der Waals surface area contributed by atoms with E-state index in [1.165, 1.54) is 19.3 Å². The monoisotopic (exact) mass is 172 g/mol. The van der Waals surface area contributed by atoms with Crippen LogP contribution in [0.3, 0.4) is 0 Å². The predicted octanol–water partition coefficient (Wildman–Crippen LogP) is 1.19. The number of methoxy groups -OCH3 is 1. The van der Waals surface area contributed by atoms with Crippen molar-refractivity contribution in [3.05, 3.63) is 0 Å². The normalized spacial score (nSPS) is 25.2. The first-order chi connectivity index (χ1) is 5.75. The van der Waals surface area contributed by atoms with Crippen LogP contribution in [-0.4, -0.2) is 18.8 Å². The second-order valence-corrected chi connectivity index (χ2v) is 3.72. The molecular formula is C9H20N2O. The Morgan fingerprint density at radius 1 is 1.33 bits per heavy atom. The molecular weight excluding hydrogens is 152 g/mol. The second kappa shape index (κ2) is 4.21. The van der Waals surface area contributed by atoms with Gasteiger partial charge in [-0.15, -0.1) is 0 Å². The van der Waals surface area contributed by atoms with Gasteiger partial charge in [-0.25, -0.2) is 0 Å². The molecule has 1 saturated carbocycles. The lowest BCUT2D eigenvalue weighted by molar-refractivity contribution is -0.0630. The Labute approximate surface area is 74.6 Å². The molecule has 72 valence electrons. The quantitative estimate of drug-likeness (QED) is 0.496. The first-order valence-corrected chi connectivity index (χ1v) is 4.76. The van der Waals surface area contributed by atoms with E-state index in [2.05, 4.69) is 12.3 Å². The highest BCUT2D eigenvalue weighted by Crippen LogP contribution is 2.33. The molecule has 1 rings (SSSR count). The molecule has 0 bridgehead atoms. The van der Waals surface area contributed by atoms with Crippen LogP contribution in [0.2, 0.25) is 0 Å². The van der Waals surface area contributed by atoms with E-state index in [0.717, 1.165) is 12.8 Å². The summed E-state index contributed by atoms with van der Waals surface area (Å²) in [4.78, 5) is 0. The number of hydrogen-bond donors (Lipinski definition) is 2. The number of nitrogens with one attached hydrogen (secondary N) is 1. The Balaban J connectivity index is 2.59. The van der Waals surface area contributed by atoms with Crippen LogP contribution >= 0.6 is 0 Å². The van der Waals surface area contributed by atoms with Gasteiger partial charge in [0, 0.05) is 13.2 Å². The maximum absolute atomic E-state index is 5.59. The zero-order valence-corrected chi connectivity index (χ0v) is 8.10. The molecule has 12 heavy (non-hydrogen) atoms. The van der Waals surface area contributed by atoms with Gasteiger partial charge in [0.25, 0.3) is 0 Å². The topological polar surface area (TPSA) is 47.3 Å². The van der Waals surface area contributed by atoms with Gasteiger partial charge in [0.2, 0.25) is 0 Å². The highest BCUT2D eigenvalue weighted by atomic mass is 16.5. The minimum atomic E-state index is -0.00694. The Morgan fingerprint density at radius 3 is 2.33 bits per heavy atom. The molecule has 3 heteroatoms. The fourth-order valence-electron chi connectivity index (χ4n) is 2.12. The maximum Gasteiger partial charge on any atom is 0.0841 e. The number of hydrogen-bond acceptors (Lipinski definition) is 3. The Bertz CT molecular complexity index is 132. The Kier molecular flexibility index (Phi) is 3.50. The molecule has 0 aliphatic heterocycles. The van der Waals surface area contributed by atoms with Gasteiger partial charge < -0.3 is 4.74 Å². The summed E-state index contributed by atoms with van der Waals surface area (Å²) < 4.78 is 5.59. The van der Waals surface area contributed by atoms with Gasteiger partial charge in [0.15, 0.2) is 0 Å². The molecule has 0 heterocycles. The van der Waals surface area contributed by atoms with Crippen LogP contribution in [0.15, 0.2) is 0 Å². The molecule has 0 saturated heterocycles. The highest BCUT2D eigenvalue weighted by molar-refractivity contribution is 4.91. The number of nitrogens with two attached hydrogens (primary N) is 1. The SMILES string of the molecule is COC1(C(C)NN)CCCCC1. The predicted molar refractivity (Wildman–Crippen MR) is 49.6 cm³/mol. The first-order valence-electron chi connectivity index (χ1n) is 4.76. The van der Waals surface area contributed by atoms with Gasteiger partial charge in [-0.05, 0) is 19.8 Å². The molecule has 1 aliphatic carbocycles. The molecule has 3 nitrogen and oxygen atoms in total. The van der Waals surface area contributed by atoms with E-state index < -0.39 is 0 Å². The van der Waals surface area contributed by atoms with E-state index in [-0.39, 0.29) is 11.6 Å². The summed E-state index contributed by atoms with van der Waals surface area (Å²) in [5, 5.41) is 0. The summed E-state index contributed by atoms with van der Waals surface area (Å²) in [6, 6.07) is 0.253. The van der Waals surface area contributed by atoms with Gasteiger partial charge >= 0.3 is 0 Å². The standard InChI is InChI=1S/C9H20N2O/c1-8(11-10)9(12-2)6-4-3-5-7-9/h8,11H,3-7,10H2,1-2H3. The first kappa shape index (κ1) is 9.96. The van der Waals surface area contributed by atoms with Gasteiger partial charge in [-0.1, -0.05) is 19.3 Å². The molecule has 0 amide bonds. The number of rotatable bonds is 3. The van der Waals surface area contributed by atoms with E-state index in [0.29, 0.717) is 0 Å². The third kappa shape index (κ3) is 1.79. The van der Waals surface area contributed by atoms with Crippen molar-refractivity contribution in [3.63, 3.8) is 0 Å². The van der Waals surface area contributed by atoms with Crippen LogP contribution in [0.1, 0.15) is 39.0 Å². The van der Waals surface area contributed by atoms with Crippen LogP contribution in [-0.2, 0) is 4.74 Å². The number of hydrazine groups is 1. The molecule has 1 unspecified atom stereocenters. The molecule has 1 atom stereocenters. The van der Waals surface area contributed by atoms with E-state index in [4.69, 9.17) is 10.6 Å². The molecule has 1 aliphatic rings. The number of ether oxygens (including phenoxy) is 1. The summed E-state index contributed by atoms with van der Waals surface area (Å²) in [7, 11) is 1.79. The van der Waals surface area contributed by atoms with Crippen molar-refractivity contribution in [3.8, 4) is 0 Å². The summed E-state index contributed by atoms with van der Waals surface area (Å²) >= 11 is 0. The fourth-order valence-corrected chi connectivity index (χ4v) is 2.12. The lowest BCUT2D eigenvalue weighted by Gasteiger charge is -2.40. The van der Waals surface area contributed by atoms with E-state index in [1.54, 1.807) is 7.11 Å². The zero-order valence-electron chi connectivity index (χ0n) is 8.10. The smallest absolute Gasteiger partial charge is 0.0841 e. The molecule has 0 aromatic heterocycles. The molecule has 1 fully saturated rings. The average Bonchev–Trinajstić information content (AvgIpc) is 2.17. The third-order valence-corrected chi connectivity index (χ3v) is 3.15. The van der Waals surface area contributed by atoms with Crippen LogP contribution in [0.4, 0.5) is 0 Å². The van der Waals surface area contributed by atoms with Gasteiger partial charge in [0.1, 0.15) is 0 Å². The lowest BCUT2D eigenvalue weighted by Crippen LogP contribution is -2.53.